The lowest BCUT2D eigenvalue weighted by Crippen LogP contribution is -2.15. The van der Waals surface area contributed by atoms with Gasteiger partial charge in [-0.2, -0.15) is 0 Å². The van der Waals surface area contributed by atoms with Crippen LogP contribution in [0.3, 0.4) is 0 Å². The normalized spacial score (nSPS) is 12.7. The molecule has 0 bridgehead atoms. The number of benzene rings is 1. The van der Waals surface area contributed by atoms with Gasteiger partial charge in [-0.3, -0.25) is 8.60 Å². The molecule has 2 nitrogen and oxygen atoms in total. The van der Waals surface area contributed by atoms with Crippen molar-refractivity contribution in [1.29, 1.82) is 0 Å². The second-order valence-electron chi connectivity index (χ2n) is 3.32. The van der Waals surface area contributed by atoms with Crippen molar-refractivity contribution in [3.63, 3.8) is 0 Å². The van der Waals surface area contributed by atoms with Gasteiger partial charge in [0.2, 0.25) is 0 Å². The van der Waals surface area contributed by atoms with Gasteiger partial charge in [0, 0.05) is 28.5 Å². The van der Waals surface area contributed by atoms with Crippen LogP contribution in [-0.2, 0) is 17.3 Å². The summed E-state index contributed by atoms with van der Waals surface area (Å²) in [5.41, 5.74) is 1.13. The van der Waals surface area contributed by atoms with Crippen LogP contribution in [0.15, 0.2) is 29.2 Å². The van der Waals surface area contributed by atoms with E-state index in [-0.39, 0.29) is 6.67 Å². The third-order valence-corrected chi connectivity index (χ3v) is 3.01. The molecule has 0 saturated heterocycles. The van der Waals surface area contributed by atoms with Crippen molar-refractivity contribution in [3.05, 3.63) is 29.8 Å². The van der Waals surface area contributed by atoms with E-state index in [1.807, 2.05) is 24.3 Å². The zero-order valence-electron chi connectivity index (χ0n) is 8.83. The van der Waals surface area contributed by atoms with Gasteiger partial charge in [0.15, 0.2) is 0 Å². The van der Waals surface area contributed by atoms with Crippen molar-refractivity contribution in [1.82, 2.24) is 5.32 Å². The molecule has 1 atom stereocenters. The number of alkyl halides is 1. The lowest BCUT2D eigenvalue weighted by Gasteiger charge is -2.04. The summed E-state index contributed by atoms with van der Waals surface area (Å²) in [7, 11) is -0.916. The summed E-state index contributed by atoms with van der Waals surface area (Å²) in [6.07, 6.45) is 2.21. The topological polar surface area (TPSA) is 29.1 Å². The maximum Gasteiger partial charge on any atom is 0.0906 e. The van der Waals surface area contributed by atoms with Gasteiger partial charge in [-0.05, 0) is 30.7 Å². The van der Waals surface area contributed by atoms with Crippen LogP contribution in [0.2, 0.25) is 0 Å². The fourth-order valence-corrected chi connectivity index (χ4v) is 1.74. The van der Waals surface area contributed by atoms with Crippen molar-refractivity contribution in [2.45, 2.75) is 17.9 Å². The van der Waals surface area contributed by atoms with Crippen LogP contribution in [0.5, 0.6) is 0 Å². The molecule has 1 rings (SSSR count). The minimum atomic E-state index is -0.916. The average Bonchev–Trinajstić information content (AvgIpc) is 2.25. The highest BCUT2D eigenvalue weighted by molar-refractivity contribution is 7.84. The molecular weight excluding hydrogens is 213 g/mol. The first-order valence-electron chi connectivity index (χ1n) is 4.93. The Morgan fingerprint density at radius 1 is 1.33 bits per heavy atom. The molecule has 1 N–H and O–H groups in total. The summed E-state index contributed by atoms with van der Waals surface area (Å²) < 4.78 is 22.9. The van der Waals surface area contributed by atoms with Crippen LogP contribution in [0.1, 0.15) is 12.0 Å². The Hall–Kier alpha value is -0.740. The largest absolute Gasteiger partial charge is 0.313 e. The molecule has 0 heterocycles. The fraction of sp³-hybridized carbons (Fsp3) is 0.455. The molecule has 0 amide bonds. The second kappa shape index (κ2) is 6.69. The van der Waals surface area contributed by atoms with Gasteiger partial charge in [-0.25, -0.2) is 0 Å². The number of hydrogen-bond acceptors (Lipinski definition) is 2. The molecule has 0 saturated carbocycles. The van der Waals surface area contributed by atoms with Gasteiger partial charge in [0.25, 0.3) is 0 Å². The van der Waals surface area contributed by atoms with Gasteiger partial charge in [-0.1, -0.05) is 12.1 Å². The first-order chi connectivity index (χ1) is 7.24. The maximum absolute atomic E-state index is 11.8. The monoisotopic (exact) mass is 229 g/mol. The molecule has 1 unspecified atom stereocenters. The van der Waals surface area contributed by atoms with Gasteiger partial charge in [0.1, 0.15) is 0 Å². The molecular formula is C11H16FNOS. The number of hydrogen-bond donors (Lipinski definition) is 1. The lowest BCUT2D eigenvalue weighted by atomic mass is 10.2. The van der Waals surface area contributed by atoms with Gasteiger partial charge >= 0.3 is 0 Å². The van der Waals surface area contributed by atoms with Crippen molar-refractivity contribution < 1.29 is 8.60 Å². The Labute approximate surface area is 92.3 Å². The minimum absolute atomic E-state index is 0.277. The molecule has 1 aromatic carbocycles. The van der Waals surface area contributed by atoms with Crippen molar-refractivity contribution in [2.24, 2.45) is 0 Å². The van der Waals surface area contributed by atoms with Crippen LogP contribution in [0, 0.1) is 0 Å². The molecule has 84 valence electrons. The Balaban J connectivity index is 2.39. The number of rotatable bonds is 6. The summed E-state index contributed by atoms with van der Waals surface area (Å²) in [5, 5.41) is 3.14. The smallest absolute Gasteiger partial charge is 0.0906 e. The van der Waals surface area contributed by atoms with E-state index in [1.54, 1.807) is 6.26 Å². The highest BCUT2D eigenvalue weighted by atomic mass is 32.2. The molecule has 0 aliphatic carbocycles. The molecule has 4 heteroatoms. The van der Waals surface area contributed by atoms with Crippen LogP contribution in [0.25, 0.3) is 0 Å². The van der Waals surface area contributed by atoms with Gasteiger partial charge in [0.05, 0.1) is 6.67 Å². The number of halogens is 1. The van der Waals surface area contributed by atoms with E-state index < -0.39 is 10.8 Å². The molecule has 0 aromatic heterocycles. The van der Waals surface area contributed by atoms with E-state index in [4.69, 9.17) is 0 Å². The van der Waals surface area contributed by atoms with Crippen molar-refractivity contribution >= 4 is 10.8 Å². The van der Waals surface area contributed by atoms with E-state index in [0.29, 0.717) is 13.0 Å². The van der Waals surface area contributed by atoms with Crippen molar-refractivity contribution in [3.8, 4) is 0 Å². The summed E-state index contributed by atoms with van der Waals surface area (Å²) in [6.45, 7) is 1.15. The first kappa shape index (κ1) is 12.3. The molecule has 15 heavy (non-hydrogen) atoms. The van der Waals surface area contributed by atoms with Crippen molar-refractivity contribution in [2.75, 3.05) is 19.5 Å². The molecule has 0 spiro atoms. The van der Waals surface area contributed by atoms with Crippen LogP contribution in [0.4, 0.5) is 4.39 Å². The maximum atomic E-state index is 11.8. The third kappa shape index (κ3) is 4.53. The number of nitrogens with one attached hydrogen (secondary N) is 1. The highest BCUT2D eigenvalue weighted by Gasteiger charge is 1.97. The third-order valence-electron chi connectivity index (χ3n) is 2.07. The average molecular weight is 229 g/mol. The van der Waals surface area contributed by atoms with Crippen LogP contribution in [-0.4, -0.2) is 23.7 Å². The standard InChI is InChI=1S/C11H16FNOS/c1-15(14)11-5-3-10(4-6-11)9-13-8-2-7-12/h3-6,13H,2,7-9H2,1H3. The van der Waals surface area contributed by atoms with Gasteiger partial charge in [-0.15, -0.1) is 0 Å². The Kier molecular flexibility index (Phi) is 5.50. The quantitative estimate of drug-likeness (QED) is 0.755. The Bertz CT molecular complexity index is 313. The summed E-state index contributed by atoms with van der Waals surface area (Å²) in [6, 6.07) is 7.61. The first-order valence-corrected chi connectivity index (χ1v) is 6.49. The van der Waals surface area contributed by atoms with E-state index in [1.165, 1.54) is 0 Å². The lowest BCUT2D eigenvalue weighted by molar-refractivity contribution is 0.459. The van der Waals surface area contributed by atoms with E-state index in [2.05, 4.69) is 5.32 Å². The second-order valence-corrected chi connectivity index (χ2v) is 4.70. The molecule has 1 aromatic rings. The van der Waals surface area contributed by atoms with Crippen LogP contribution >= 0.6 is 0 Å². The zero-order valence-corrected chi connectivity index (χ0v) is 9.65. The highest BCUT2D eigenvalue weighted by Crippen LogP contribution is 2.07. The Morgan fingerprint density at radius 2 is 2.00 bits per heavy atom. The molecule has 0 aliphatic rings. The van der Waals surface area contributed by atoms with Gasteiger partial charge < -0.3 is 5.32 Å². The van der Waals surface area contributed by atoms with E-state index >= 15 is 0 Å². The molecule has 0 aliphatic heterocycles. The molecule has 0 radical (unpaired) electrons. The Morgan fingerprint density at radius 3 is 2.53 bits per heavy atom. The predicted octanol–water partition coefficient (Wildman–Crippen LogP) is 1.87. The predicted molar refractivity (Wildman–Crippen MR) is 61.1 cm³/mol. The summed E-state index contributed by atoms with van der Waals surface area (Å²) in [5.74, 6) is 0. The van der Waals surface area contributed by atoms with E-state index in [9.17, 15) is 8.60 Å². The molecule has 0 fully saturated rings. The van der Waals surface area contributed by atoms with Crippen LogP contribution < -0.4 is 5.32 Å². The zero-order chi connectivity index (χ0) is 11.1. The summed E-state index contributed by atoms with van der Waals surface area (Å²) >= 11 is 0. The summed E-state index contributed by atoms with van der Waals surface area (Å²) in [4.78, 5) is 0.836. The SMILES string of the molecule is CS(=O)c1ccc(CNCCCF)cc1. The minimum Gasteiger partial charge on any atom is -0.313 e. The van der Waals surface area contributed by atoms with E-state index in [0.717, 1.165) is 17.0 Å². The fourth-order valence-electron chi connectivity index (χ4n) is 1.22.